The average molecular weight is 194 g/mol. The molecule has 0 saturated heterocycles. The second-order valence-electron chi connectivity index (χ2n) is 2.08. The van der Waals surface area contributed by atoms with Gasteiger partial charge in [0.05, 0.1) is 7.11 Å². The van der Waals surface area contributed by atoms with Crippen LogP contribution in [0, 0.1) is 0 Å². The highest BCUT2D eigenvalue weighted by Crippen LogP contribution is 2.06. The summed E-state index contributed by atoms with van der Waals surface area (Å²) >= 11 is 0. The first kappa shape index (κ1) is 11.2. The van der Waals surface area contributed by atoms with Gasteiger partial charge in [-0.05, 0) is 6.42 Å². The summed E-state index contributed by atoms with van der Waals surface area (Å²) in [5, 5.41) is -1.23. The van der Waals surface area contributed by atoms with E-state index in [-0.39, 0.29) is 19.1 Å². The van der Waals surface area contributed by atoms with Gasteiger partial charge in [-0.15, -0.1) is 0 Å². The van der Waals surface area contributed by atoms with E-state index in [0.29, 0.717) is 6.29 Å². The molecule has 0 aliphatic carbocycles. The normalized spacial score (nSPS) is 13.8. The Morgan fingerprint density at radius 3 is 2.33 bits per heavy atom. The molecule has 12 heavy (non-hydrogen) atoms. The molecule has 0 aromatic heterocycles. The van der Waals surface area contributed by atoms with Crippen molar-refractivity contribution in [3.05, 3.63) is 0 Å². The minimum Gasteiger partial charge on any atom is -0.303 e. The molecule has 0 amide bonds. The molecule has 0 N–H and O–H groups in total. The number of aldehydes is 2. The predicted octanol–water partition coefficient (Wildman–Crippen LogP) is -0.491. The monoisotopic (exact) mass is 194 g/mol. The Hall–Kier alpha value is -0.750. The van der Waals surface area contributed by atoms with E-state index in [1.165, 1.54) is 0 Å². The van der Waals surface area contributed by atoms with Gasteiger partial charge < -0.3 is 9.59 Å². The van der Waals surface area contributed by atoms with Crippen molar-refractivity contribution < 1.29 is 22.2 Å². The molecule has 0 fully saturated rings. The summed E-state index contributed by atoms with van der Waals surface area (Å²) < 4.78 is 25.8. The summed E-state index contributed by atoms with van der Waals surface area (Å²) in [4.78, 5) is 20.1. The molecule has 0 spiro atoms. The average Bonchev–Trinajstić information content (AvgIpc) is 2.05. The van der Waals surface area contributed by atoms with Crippen molar-refractivity contribution in [1.82, 2.24) is 0 Å². The first-order valence-electron chi connectivity index (χ1n) is 3.27. The van der Waals surface area contributed by atoms with Gasteiger partial charge in [0.1, 0.15) is 17.8 Å². The van der Waals surface area contributed by atoms with Crippen LogP contribution in [0.4, 0.5) is 0 Å². The van der Waals surface area contributed by atoms with Gasteiger partial charge in [0, 0.05) is 6.42 Å². The third kappa shape index (κ3) is 3.10. The molecular weight excluding hydrogens is 184 g/mol. The van der Waals surface area contributed by atoms with E-state index in [1.807, 2.05) is 0 Å². The van der Waals surface area contributed by atoms with E-state index in [9.17, 15) is 18.0 Å². The van der Waals surface area contributed by atoms with Gasteiger partial charge >= 0.3 is 0 Å². The molecule has 0 rings (SSSR count). The maximum absolute atomic E-state index is 10.9. The van der Waals surface area contributed by atoms with Crippen LogP contribution in [-0.2, 0) is 23.9 Å². The fourth-order valence-electron chi connectivity index (χ4n) is 0.636. The molecule has 0 aromatic carbocycles. The van der Waals surface area contributed by atoms with Crippen LogP contribution in [0.15, 0.2) is 0 Å². The SMILES string of the molecule is COS(=O)(=O)C(C=O)CCC=O. The lowest BCUT2D eigenvalue weighted by atomic mass is 10.3. The number of hydrogen-bond donors (Lipinski definition) is 0. The summed E-state index contributed by atoms with van der Waals surface area (Å²) in [5.74, 6) is 0. The van der Waals surface area contributed by atoms with E-state index in [4.69, 9.17) is 0 Å². The fraction of sp³-hybridized carbons (Fsp3) is 0.667. The Balaban J connectivity index is 4.34. The molecule has 1 atom stereocenters. The van der Waals surface area contributed by atoms with Crippen molar-refractivity contribution in [3.8, 4) is 0 Å². The summed E-state index contributed by atoms with van der Waals surface area (Å²) in [5.41, 5.74) is 0. The zero-order valence-electron chi connectivity index (χ0n) is 6.60. The molecule has 0 heterocycles. The Labute approximate surface area is 70.8 Å². The Kier molecular flexibility index (Phi) is 4.68. The van der Waals surface area contributed by atoms with Crippen LogP contribution in [0.1, 0.15) is 12.8 Å². The van der Waals surface area contributed by atoms with E-state index >= 15 is 0 Å². The minimum absolute atomic E-state index is 0.0246. The molecular formula is C6H10O5S. The van der Waals surface area contributed by atoms with Crippen molar-refractivity contribution in [2.75, 3.05) is 7.11 Å². The molecule has 0 saturated carbocycles. The Morgan fingerprint density at radius 2 is 2.00 bits per heavy atom. The highest BCUT2D eigenvalue weighted by Gasteiger charge is 2.23. The van der Waals surface area contributed by atoms with Crippen LogP contribution in [0.3, 0.4) is 0 Å². The van der Waals surface area contributed by atoms with Crippen molar-refractivity contribution in [2.24, 2.45) is 0 Å². The fourth-order valence-corrected chi connectivity index (χ4v) is 1.44. The highest BCUT2D eigenvalue weighted by molar-refractivity contribution is 7.88. The van der Waals surface area contributed by atoms with Gasteiger partial charge in [0.2, 0.25) is 0 Å². The Morgan fingerprint density at radius 1 is 1.42 bits per heavy atom. The van der Waals surface area contributed by atoms with Gasteiger partial charge in [-0.1, -0.05) is 0 Å². The van der Waals surface area contributed by atoms with Gasteiger partial charge in [-0.2, -0.15) is 8.42 Å². The number of rotatable bonds is 6. The first-order valence-corrected chi connectivity index (χ1v) is 4.74. The largest absolute Gasteiger partial charge is 0.303 e. The van der Waals surface area contributed by atoms with Crippen molar-refractivity contribution in [1.29, 1.82) is 0 Å². The highest BCUT2D eigenvalue weighted by atomic mass is 32.2. The summed E-state index contributed by atoms with van der Waals surface area (Å²) in [6, 6.07) is 0. The van der Waals surface area contributed by atoms with Crippen molar-refractivity contribution >= 4 is 22.7 Å². The molecule has 6 heteroatoms. The number of carbonyl (C=O) groups is 2. The van der Waals surface area contributed by atoms with Crippen LogP contribution >= 0.6 is 0 Å². The lowest BCUT2D eigenvalue weighted by Crippen LogP contribution is -2.23. The standard InChI is InChI=1S/C6H10O5S/c1-11-12(9,10)6(5-8)3-2-4-7/h4-6H,2-3H2,1H3. The number of carbonyl (C=O) groups excluding carboxylic acids is 2. The van der Waals surface area contributed by atoms with Gasteiger partial charge in [0.15, 0.2) is 0 Å². The molecule has 70 valence electrons. The second-order valence-corrected chi connectivity index (χ2v) is 4.00. The van der Waals surface area contributed by atoms with E-state index in [0.717, 1.165) is 7.11 Å². The molecule has 0 bridgehead atoms. The Bertz CT molecular complexity index is 243. The lowest BCUT2D eigenvalue weighted by molar-refractivity contribution is -0.108. The molecule has 0 aliphatic heterocycles. The minimum atomic E-state index is -3.81. The molecule has 0 aromatic rings. The number of hydrogen-bond acceptors (Lipinski definition) is 5. The third-order valence-electron chi connectivity index (χ3n) is 1.32. The smallest absolute Gasteiger partial charge is 0.276 e. The van der Waals surface area contributed by atoms with Crippen LogP contribution in [-0.4, -0.2) is 33.3 Å². The van der Waals surface area contributed by atoms with E-state index in [1.54, 1.807) is 0 Å². The zero-order valence-corrected chi connectivity index (χ0v) is 7.41. The molecule has 5 nitrogen and oxygen atoms in total. The first-order chi connectivity index (χ1) is 5.58. The van der Waals surface area contributed by atoms with E-state index < -0.39 is 15.4 Å². The van der Waals surface area contributed by atoms with Crippen molar-refractivity contribution in [2.45, 2.75) is 18.1 Å². The third-order valence-corrected chi connectivity index (χ3v) is 2.88. The van der Waals surface area contributed by atoms with Gasteiger partial charge in [-0.3, -0.25) is 4.18 Å². The second kappa shape index (κ2) is 5.00. The van der Waals surface area contributed by atoms with Crippen LogP contribution < -0.4 is 0 Å². The van der Waals surface area contributed by atoms with Crippen molar-refractivity contribution in [3.63, 3.8) is 0 Å². The summed E-state index contributed by atoms with van der Waals surface area (Å²) in [6.45, 7) is 0. The van der Waals surface area contributed by atoms with E-state index in [2.05, 4.69) is 4.18 Å². The maximum atomic E-state index is 10.9. The summed E-state index contributed by atoms with van der Waals surface area (Å²) in [7, 11) is -2.83. The van der Waals surface area contributed by atoms with Gasteiger partial charge in [0.25, 0.3) is 10.1 Å². The topological polar surface area (TPSA) is 77.5 Å². The molecule has 0 radical (unpaired) electrons. The predicted molar refractivity (Wildman–Crippen MR) is 41.1 cm³/mol. The lowest BCUT2D eigenvalue weighted by Gasteiger charge is -2.06. The quantitative estimate of drug-likeness (QED) is 0.421. The van der Waals surface area contributed by atoms with Gasteiger partial charge in [-0.25, -0.2) is 0 Å². The zero-order chi connectivity index (χ0) is 9.61. The van der Waals surface area contributed by atoms with Crippen LogP contribution in [0.25, 0.3) is 0 Å². The summed E-state index contributed by atoms with van der Waals surface area (Å²) in [6.07, 6.45) is 0.833. The maximum Gasteiger partial charge on any atom is 0.276 e. The molecule has 1 unspecified atom stereocenters. The van der Waals surface area contributed by atoms with Crippen LogP contribution in [0.2, 0.25) is 0 Å². The van der Waals surface area contributed by atoms with Crippen LogP contribution in [0.5, 0.6) is 0 Å². The molecule has 0 aliphatic rings.